The van der Waals surface area contributed by atoms with Gasteiger partial charge in [-0.2, -0.15) is 5.10 Å². The molecule has 0 atom stereocenters. The van der Waals surface area contributed by atoms with Crippen molar-refractivity contribution in [2.24, 2.45) is 0 Å². The molecule has 0 bridgehead atoms. The maximum absolute atomic E-state index is 5.94. The number of nitrogens with zero attached hydrogens (tertiary/aromatic N) is 2. The lowest BCUT2D eigenvalue weighted by Gasteiger charge is -2.06. The molecule has 0 aliphatic carbocycles. The van der Waals surface area contributed by atoms with Crippen LogP contribution >= 0.6 is 11.6 Å². The maximum atomic E-state index is 5.94. The third kappa shape index (κ3) is 1.72. The number of benzene rings is 1. The highest BCUT2D eigenvalue weighted by Crippen LogP contribution is 2.34. The van der Waals surface area contributed by atoms with E-state index in [9.17, 15) is 0 Å². The van der Waals surface area contributed by atoms with Crippen LogP contribution in [0, 0.1) is 0 Å². The van der Waals surface area contributed by atoms with Gasteiger partial charge < -0.3 is 9.73 Å². The molecular formula is C15H12ClN3O. The number of hydrogen-bond acceptors (Lipinski definition) is 3. The van der Waals surface area contributed by atoms with Crippen molar-refractivity contribution < 1.29 is 4.42 Å². The molecule has 1 aromatic carbocycles. The predicted molar refractivity (Wildman–Crippen MR) is 78.5 cm³/mol. The molecule has 1 aliphatic heterocycles. The van der Waals surface area contributed by atoms with Gasteiger partial charge in [0.25, 0.3) is 0 Å². The van der Waals surface area contributed by atoms with Gasteiger partial charge in [0.1, 0.15) is 11.5 Å². The largest absolute Gasteiger partial charge is 0.463 e. The molecule has 0 radical (unpaired) electrons. The van der Waals surface area contributed by atoms with E-state index in [0.717, 1.165) is 40.9 Å². The number of hydrogen-bond donors (Lipinski definition) is 1. The van der Waals surface area contributed by atoms with Crippen molar-refractivity contribution >= 4 is 17.4 Å². The quantitative estimate of drug-likeness (QED) is 0.780. The van der Waals surface area contributed by atoms with Gasteiger partial charge in [0.15, 0.2) is 5.76 Å². The van der Waals surface area contributed by atoms with Gasteiger partial charge in [0.05, 0.1) is 12.0 Å². The second-order valence-corrected chi connectivity index (χ2v) is 5.15. The molecule has 0 fully saturated rings. The van der Waals surface area contributed by atoms with Crippen LogP contribution in [0.1, 0.15) is 5.56 Å². The third-order valence-electron chi connectivity index (χ3n) is 3.48. The van der Waals surface area contributed by atoms with Crippen molar-refractivity contribution in [1.29, 1.82) is 0 Å². The van der Waals surface area contributed by atoms with E-state index >= 15 is 0 Å². The van der Waals surface area contributed by atoms with Gasteiger partial charge >= 0.3 is 0 Å². The average Bonchev–Trinajstić information content (AvgIpc) is 3.16. The Morgan fingerprint density at radius 2 is 2.05 bits per heavy atom. The van der Waals surface area contributed by atoms with Crippen molar-refractivity contribution in [1.82, 2.24) is 9.78 Å². The number of halogens is 1. The Morgan fingerprint density at radius 1 is 1.20 bits per heavy atom. The highest BCUT2D eigenvalue weighted by atomic mass is 35.5. The average molecular weight is 286 g/mol. The fourth-order valence-electron chi connectivity index (χ4n) is 2.56. The summed E-state index contributed by atoms with van der Waals surface area (Å²) in [7, 11) is 0. The van der Waals surface area contributed by atoms with Gasteiger partial charge in [0, 0.05) is 17.1 Å². The number of nitrogens with one attached hydrogen (secondary N) is 1. The van der Waals surface area contributed by atoms with Gasteiger partial charge in [-0.25, -0.2) is 4.68 Å². The predicted octanol–water partition coefficient (Wildman–Crippen LogP) is 3.75. The molecule has 3 heterocycles. The number of fused-ring (bicyclic) bond motifs is 1. The normalized spacial score (nSPS) is 13.2. The summed E-state index contributed by atoms with van der Waals surface area (Å²) in [4.78, 5) is 0. The van der Waals surface area contributed by atoms with Crippen LogP contribution in [-0.4, -0.2) is 16.3 Å². The van der Waals surface area contributed by atoms with E-state index in [4.69, 9.17) is 21.1 Å². The van der Waals surface area contributed by atoms with Gasteiger partial charge in [0.2, 0.25) is 0 Å². The van der Waals surface area contributed by atoms with Crippen LogP contribution in [0.25, 0.3) is 17.1 Å². The minimum Gasteiger partial charge on any atom is -0.463 e. The Morgan fingerprint density at radius 3 is 2.80 bits per heavy atom. The molecule has 2 aromatic heterocycles. The van der Waals surface area contributed by atoms with Crippen LogP contribution in [0.15, 0.2) is 47.1 Å². The van der Waals surface area contributed by atoms with Gasteiger partial charge in [-0.05, 0) is 42.8 Å². The highest BCUT2D eigenvalue weighted by molar-refractivity contribution is 6.30. The zero-order valence-corrected chi connectivity index (χ0v) is 11.4. The Labute approximate surface area is 121 Å². The molecule has 20 heavy (non-hydrogen) atoms. The minimum absolute atomic E-state index is 0.719. The molecule has 0 saturated heterocycles. The lowest BCUT2D eigenvalue weighted by atomic mass is 10.2. The monoisotopic (exact) mass is 285 g/mol. The topological polar surface area (TPSA) is 43.0 Å². The molecular weight excluding hydrogens is 274 g/mol. The molecule has 0 amide bonds. The molecule has 0 saturated carbocycles. The summed E-state index contributed by atoms with van der Waals surface area (Å²) in [6.45, 7) is 0.925. The molecule has 1 aliphatic rings. The highest BCUT2D eigenvalue weighted by Gasteiger charge is 2.24. The van der Waals surface area contributed by atoms with Crippen molar-refractivity contribution in [2.45, 2.75) is 6.42 Å². The van der Waals surface area contributed by atoms with Crippen LogP contribution in [-0.2, 0) is 6.42 Å². The van der Waals surface area contributed by atoms with Crippen LogP contribution in [0.2, 0.25) is 5.02 Å². The standard InChI is InChI=1S/C15H12ClN3O/c16-10-3-5-11(6-4-10)19-15-12(7-8-17-15)14(18-19)13-2-1-9-20-13/h1-6,9,17H,7-8H2. The Kier molecular flexibility index (Phi) is 2.57. The summed E-state index contributed by atoms with van der Waals surface area (Å²) in [6.07, 6.45) is 2.63. The second-order valence-electron chi connectivity index (χ2n) is 4.72. The summed E-state index contributed by atoms with van der Waals surface area (Å²) in [6, 6.07) is 11.5. The fraction of sp³-hybridized carbons (Fsp3) is 0.133. The first-order valence-corrected chi connectivity index (χ1v) is 6.86. The van der Waals surface area contributed by atoms with Crippen LogP contribution in [0.3, 0.4) is 0 Å². The molecule has 4 rings (SSSR count). The molecule has 0 unspecified atom stereocenters. The summed E-state index contributed by atoms with van der Waals surface area (Å²) >= 11 is 5.94. The summed E-state index contributed by atoms with van der Waals surface area (Å²) in [5, 5.41) is 8.80. The zero-order chi connectivity index (χ0) is 13.5. The smallest absolute Gasteiger partial charge is 0.154 e. The van der Waals surface area contributed by atoms with E-state index in [2.05, 4.69) is 5.32 Å². The summed E-state index contributed by atoms with van der Waals surface area (Å²) < 4.78 is 7.40. The van der Waals surface area contributed by atoms with E-state index in [1.165, 1.54) is 5.56 Å². The van der Waals surface area contributed by atoms with Crippen molar-refractivity contribution in [3.63, 3.8) is 0 Å². The Balaban J connectivity index is 1.89. The van der Waals surface area contributed by atoms with E-state index < -0.39 is 0 Å². The van der Waals surface area contributed by atoms with Crippen LogP contribution in [0.4, 0.5) is 5.82 Å². The van der Waals surface area contributed by atoms with Gasteiger partial charge in [-0.15, -0.1) is 0 Å². The van der Waals surface area contributed by atoms with Crippen molar-refractivity contribution in [2.75, 3.05) is 11.9 Å². The second kappa shape index (κ2) is 4.42. The first-order valence-electron chi connectivity index (χ1n) is 6.48. The lowest BCUT2D eigenvalue weighted by Crippen LogP contribution is -2.04. The zero-order valence-electron chi connectivity index (χ0n) is 10.6. The number of rotatable bonds is 2. The molecule has 3 aromatic rings. The molecule has 0 spiro atoms. The third-order valence-corrected chi connectivity index (χ3v) is 3.73. The molecule has 1 N–H and O–H groups in total. The van der Waals surface area contributed by atoms with Gasteiger partial charge in [-0.3, -0.25) is 0 Å². The first kappa shape index (κ1) is 11.6. The van der Waals surface area contributed by atoms with E-state index in [-0.39, 0.29) is 0 Å². The van der Waals surface area contributed by atoms with Gasteiger partial charge in [-0.1, -0.05) is 11.6 Å². The minimum atomic E-state index is 0.719. The summed E-state index contributed by atoms with van der Waals surface area (Å²) in [5.41, 5.74) is 3.10. The van der Waals surface area contributed by atoms with Crippen LogP contribution in [0.5, 0.6) is 0 Å². The SMILES string of the molecule is Clc1ccc(-n2nc(-c3ccco3)c3c2NCC3)cc1. The van der Waals surface area contributed by atoms with Crippen molar-refractivity contribution in [3.8, 4) is 17.1 Å². The van der Waals surface area contributed by atoms with E-state index in [1.807, 2.05) is 41.1 Å². The van der Waals surface area contributed by atoms with E-state index in [0.29, 0.717) is 0 Å². The Hall–Kier alpha value is -2.20. The van der Waals surface area contributed by atoms with Crippen molar-refractivity contribution in [3.05, 3.63) is 53.2 Å². The first-order chi connectivity index (χ1) is 9.83. The number of furan rings is 1. The molecule has 100 valence electrons. The molecule has 5 heteroatoms. The number of aromatic nitrogens is 2. The molecule has 4 nitrogen and oxygen atoms in total. The van der Waals surface area contributed by atoms with Crippen LogP contribution < -0.4 is 5.32 Å². The summed E-state index contributed by atoms with van der Waals surface area (Å²) in [5.74, 6) is 1.84. The maximum Gasteiger partial charge on any atom is 0.154 e. The fourth-order valence-corrected chi connectivity index (χ4v) is 2.68. The number of anilines is 1. The lowest BCUT2D eigenvalue weighted by molar-refractivity contribution is 0.578. The Bertz CT molecular complexity index is 744. The van der Waals surface area contributed by atoms with E-state index in [1.54, 1.807) is 6.26 Å².